The highest BCUT2D eigenvalue weighted by Gasteiger charge is 2.25. The van der Waals surface area contributed by atoms with Crippen LogP contribution in [0.3, 0.4) is 0 Å². The summed E-state index contributed by atoms with van der Waals surface area (Å²) in [5.74, 6) is -0.251. The van der Waals surface area contributed by atoms with E-state index in [4.69, 9.17) is 0 Å². The Labute approximate surface area is 156 Å². The molecule has 140 valence electrons. The molecule has 2 aromatic rings. The standard InChI is InChI=1S/C20H26N2O3S/c1-15-9-11-18(12-10-15)13-21(4)19(23)14-22(26(5,24)25)20-16(2)7-6-8-17(20)3/h6-12H,13-14H2,1-5H3. The Morgan fingerprint density at radius 1 is 0.962 bits per heavy atom. The second-order valence-corrected chi connectivity index (χ2v) is 8.65. The minimum absolute atomic E-state index is 0.215. The predicted molar refractivity (Wildman–Crippen MR) is 106 cm³/mol. The van der Waals surface area contributed by atoms with Crippen molar-refractivity contribution < 1.29 is 13.2 Å². The van der Waals surface area contributed by atoms with E-state index in [0.717, 1.165) is 28.5 Å². The van der Waals surface area contributed by atoms with Crippen LogP contribution in [0, 0.1) is 20.8 Å². The highest BCUT2D eigenvalue weighted by atomic mass is 32.2. The Hall–Kier alpha value is -2.34. The van der Waals surface area contributed by atoms with Gasteiger partial charge in [-0.15, -0.1) is 0 Å². The molecule has 0 unspecified atom stereocenters. The molecule has 0 aliphatic carbocycles. The van der Waals surface area contributed by atoms with E-state index in [1.165, 1.54) is 4.31 Å². The van der Waals surface area contributed by atoms with Crippen LogP contribution < -0.4 is 4.31 Å². The fraction of sp³-hybridized carbons (Fsp3) is 0.350. The van der Waals surface area contributed by atoms with E-state index >= 15 is 0 Å². The SMILES string of the molecule is Cc1ccc(CN(C)C(=O)CN(c2c(C)cccc2C)S(C)(=O)=O)cc1. The first-order valence-corrected chi connectivity index (χ1v) is 10.3. The van der Waals surface area contributed by atoms with Crippen LogP contribution in [0.4, 0.5) is 5.69 Å². The molecule has 0 radical (unpaired) electrons. The first kappa shape index (κ1) is 20.0. The molecule has 6 heteroatoms. The number of aryl methyl sites for hydroxylation is 3. The third kappa shape index (κ3) is 4.85. The monoisotopic (exact) mass is 374 g/mol. The fourth-order valence-electron chi connectivity index (χ4n) is 2.86. The number of hydrogen-bond donors (Lipinski definition) is 0. The van der Waals surface area contributed by atoms with Crippen molar-refractivity contribution in [2.24, 2.45) is 0 Å². The van der Waals surface area contributed by atoms with Crippen LogP contribution in [0.5, 0.6) is 0 Å². The third-order valence-corrected chi connectivity index (χ3v) is 5.45. The Kier molecular flexibility index (Phi) is 6.08. The van der Waals surface area contributed by atoms with Gasteiger partial charge in [0.25, 0.3) is 0 Å². The normalized spacial score (nSPS) is 11.3. The minimum atomic E-state index is -3.58. The zero-order chi connectivity index (χ0) is 19.5. The van der Waals surface area contributed by atoms with Gasteiger partial charge in [0, 0.05) is 13.6 Å². The first-order chi connectivity index (χ1) is 12.1. The molecule has 2 aromatic carbocycles. The molecular formula is C20H26N2O3S. The average Bonchev–Trinajstić information content (AvgIpc) is 2.54. The van der Waals surface area contributed by atoms with Crippen molar-refractivity contribution in [2.45, 2.75) is 27.3 Å². The van der Waals surface area contributed by atoms with Crippen LogP contribution >= 0.6 is 0 Å². The number of benzene rings is 2. The topological polar surface area (TPSA) is 57.7 Å². The lowest BCUT2D eigenvalue weighted by Gasteiger charge is -2.27. The molecule has 0 heterocycles. The quantitative estimate of drug-likeness (QED) is 0.781. The van der Waals surface area contributed by atoms with Crippen LogP contribution in [0.25, 0.3) is 0 Å². The third-order valence-electron chi connectivity index (χ3n) is 4.33. The maximum atomic E-state index is 12.7. The molecule has 0 saturated heterocycles. The summed E-state index contributed by atoms with van der Waals surface area (Å²) in [4.78, 5) is 14.2. The average molecular weight is 375 g/mol. The molecule has 5 nitrogen and oxygen atoms in total. The summed E-state index contributed by atoms with van der Waals surface area (Å²) in [6.45, 7) is 5.92. The Morgan fingerprint density at radius 3 is 2.00 bits per heavy atom. The van der Waals surface area contributed by atoms with Crippen molar-refractivity contribution in [3.8, 4) is 0 Å². The van der Waals surface area contributed by atoms with Crippen molar-refractivity contribution in [1.29, 1.82) is 0 Å². The number of anilines is 1. The zero-order valence-electron chi connectivity index (χ0n) is 16.0. The number of rotatable bonds is 6. The summed E-state index contributed by atoms with van der Waals surface area (Å²) in [6, 6.07) is 13.5. The van der Waals surface area contributed by atoms with Crippen LogP contribution in [0.2, 0.25) is 0 Å². The first-order valence-electron chi connectivity index (χ1n) is 8.43. The molecule has 1 amide bonds. The van der Waals surface area contributed by atoms with Gasteiger partial charge in [-0.25, -0.2) is 8.42 Å². The molecular weight excluding hydrogens is 348 g/mol. The van der Waals surface area contributed by atoms with E-state index in [1.807, 2.05) is 63.2 Å². The molecule has 0 bridgehead atoms. The number of sulfonamides is 1. The molecule has 0 fully saturated rings. The number of carbonyl (C=O) groups is 1. The number of nitrogens with zero attached hydrogens (tertiary/aromatic N) is 2. The molecule has 0 spiro atoms. The van der Waals surface area contributed by atoms with Gasteiger partial charge in [-0.3, -0.25) is 9.10 Å². The summed E-state index contributed by atoms with van der Waals surface area (Å²) in [5.41, 5.74) is 4.38. The maximum absolute atomic E-state index is 12.7. The maximum Gasteiger partial charge on any atom is 0.243 e. The Bertz CT molecular complexity index is 870. The van der Waals surface area contributed by atoms with Gasteiger partial charge in [0.1, 0.15) is 6.54 Å². The van der Waals surface area contributed by atoms with Gasteiger partial charge in [0.05, 0.1) is 11.9 Å². The summed E-state index contributed by atoms with van der Waals surface area (Å²) in [5, 5.41) is 0. The number of hydrogen-bond acceptors (Lipinski definition) is 3. The van der Waals surface area contributed by atoms with E-state index in [2.05, 4.69) is 0 Å². The predicted octanol–water partition coefficient (Wildman–Crippen LogP) is 3.04. The van der Waals surface area contributed by atoms with Gasteiger partial charge in [0.2, 0.25) is 15.9 Å². The van der Waals surface area contributed by atoms with Crippen LogP contribution in [-0.4, -0.2) is 39.1 Å². The summed E-state index contributed by atoms with van der Waals surface area (Å²) < 4.78 is 25.9. The van der Waals surface area contributed by atoms with E-state index in [0.29, 0.717) is 12.2 Å². The number of carbonyl (C=O) groups excluding carboxylic acids is 1. The molecule has 0 saturated carbocycles. The van der Waals surface area contributed by atoms with Crippen LogP contribution in [0.1, 0.15) is 22.3 Å². The number of likely N-dealkylation sites (N-methyl/N-ethyl adjacent to an activating group) is 1. The van der Waals surface area contributed by atoms with Crippen molar-refractivity contribution in [2.75, 3.05) is 24.2 Å². The Balaban J connectivity index is 2.23. The van der Waals surface area contributed by atoms with Gasteiger partial charge in [-0.2, -0.15) is 0 Å². The Morgan fingerprint density at radius 2 is 1.50 bits per heavy atom. The van der Waals surface area contributed by atoms with Crippen molar-refractivity contribution in [3.05, 3.63) is 64.7 Å². The molecule has 2 rings (SSSR count). The van der Waals surface area contributed by atoms with E-state index in [1.54, 1.807) is 11.9 Å². The lowest BCUT2D eigenvalue weighted by Crippen LogP contribution is -2.41. The smallest absolute Gasteiger partial charge is 0.243 e. The van der Waals surface area contributed by atoms with Crippen molar-refractivity contribution >= 4 is 21.6 Å². The molecule has 0 aliphatic heterocycles. The second-order valence-electron chi connectivity index (χ2n) is 6.75. The molecule has 0 aliphatic rings. The van der Waals surface area contributed by atoms with Crippen LogP contribution in [0.15, 0.2) is 42.5 Å². The van der Waals surface area contributed by atoms with Gasteiger partial charge < -0.3 is 4.90 Å². The molecule has 26 heavy (non-hydrogen) atoms. The lowest BCUT2D eigenvalue weighted by atomic mass is 10.1. The van der Waals surface area contributed by atoms with Gasteiger partial charge in [-0.1, -0.05) is 48.0 Å². The van der Waals surface area contributed by atoms with Gasteiger partial charge >= 0.3 is 0 Å². The second kappa shape index (κ2) is 7.91. The minimum Gasteiger partial charge on any atom is -0.340 e. The lowest BCUT2D eigenvalue weighted by molar-refractivity contribution is -0.128. The zero-order valence-corrected chi connectivity index (χ0v) is 16.8. The van der Waals surface area contributed by atoms with E-state index in [-0.39, 0.29) is 12.5 Å². The number of para-hydroxylation sites is 1. The van der Waals surface area contributed by atoms with Gasteiger partial charge in [0.15, 0.2) is 0 Å². The summed E-state index contributed by atoms with van der Waals surface area (Å²) >= 11 is 0. The van der Waals surface area contributed by atoms with Crippen molar-refractivity contribution in [3.63, 3.8) is 0 Å². The fourth-order valence-corrected chi connectivity index (χ4v) is 3.82. The molecule has 0 aromatic heterocycles. The highest BCUT2D eigenvalue weighted by molar-refractivity contribution is 7.92. The molecule has 0 N–H and O–H groups in total. The van der Waals surface area contributed by atoms with Crippen LogP contribution in [-0.2, 0) is 21.4 Å². The summed E-state index contributed by atoms with van der Waals surface area (Å²) in [6.07, 6.45) is 1.13. The highest BCUT2D eigenvalue weighted by Crippen LogP contribution is 2.26. The largest absolute Gasteiger partial charge is 0.340 e. The van der Waals surface area contributed by atoms with Gasteiger partial charge in [-0.05, 0) is 37.5 Å². The van der Waals surface area contributed by atoms with E-state index < -0.39 is 10.0 Å². The number of amides is 1. The van der Waals surface area contributed by atoms with E-state index in [9.17, 15) is 13.2 Å². The summed E-state index contributed by atoms with van der Waals surface area (Å²) in [7, 11) is -1.90. The van der Waals surface area contributed by atoms with Crippen molar-refractivity contribution in [1.82, 2.24) is 4.90 Å². The molecule has 0 atom stereocenters.